The first-order chi connectivity index (χ1) is 3.68. The summed E-state index contributed by atoms with van der Waals surface area (Å²) in [5.74, 6) is 0. The van der Waals surface area contributed by atoms with Crippen LogP contribution in [-0.4, -0.2) is 40.7 Å². The molecular formula is C4H12KNO3. The van der Waals surface area contributed by atoms with Crippen LogP contribution >= 0.6 is 0 Å². The van der Waals surface area contributed by atoms with Crippen molar-refractivity contribution in [2.24, 2.45) is 5.73 Å². The normalized spacial score (nSPS) is 10.7. The molecule has 0 rings (SSSR count). The van der Waals surface area contributed by atoms with Crippen molar-refractivity contribution in [1.82, 2.24) is 0 Å². The summed E-state index contributed by atoms with van der Waals surface area (Å²) in [7, 11) is 0. The minimum atomic E-state index is -1.21. The Balaban J connectivity index is -0.000000245. The van der Waals surface area contributed by atoms with E-state index in [9.17, 15) is 0 Å². The number of aliphatic hydroxyl groups excluding tert-OH is 3. The molecule has 0 heterocycles. The van der Waals surface area contributed by atoms with Gasteiger partial charge in [0, 0.05) is 0 Å². The standard InChI is InChI=1S/C4H11NO3.K.H/c5-4(1-6,2-7)3-8;;/h6-8H,1-3,5H2;;/q;+1;-1. The van der Waals surface area contributed by atoms with Crippen molar-refractivity contribution in [3.05, 3.63) is 0 Å². The molecule has 0 aliphatic rings. The minimum absolute atomic E-state index is 0. The topological polar surface area (TPSA) is 86.7 Å². The Hall–Kier alpha value is 1.48. The molecule has 0 fully saturated rings. The molecule has 4 nitrogen and oxygen atoms in total. The predicted molar refractivity (Wildman–Crippen MR) is 29.3 cm³/mol. The maximum absolute atomic E-state index is 8.34. The first-order valence-electron chi connectivity index (χ1n) is 2.30. The molecule has 0 saturated carbocycles. The summed E-state index contributed by atoms with van der Waals surface area (Å²) in [5, 5.41) is 25.0. The first kappa shape index (κ1) is 13.1. The van der Waals surface area contributed by atoms with Gasteiger partial charge in [-0.25, -0.2) is 0 Å². The van der Waals surface area contributed by atoms with Crippen molar-refractivity contribution < 1.29 is 68.1 Å². The summed E-state index contributed by atoms with van der Waals surface area (Å²) >= 11 is 0. The second-order valence-electron chi connectivity index (χ2n) is 1.84. The third-order valence-electron chi connectivity index (χ3n) is 0.945. The molecule has 0 aromatic rings. The Morgan fingerprint density at radius 1 is 1.11 bits per heavy atom. The van der Waals surface area contributed by atoms with E-state index in [0.717, 1.165) is 0 Å². The van der Waals surface area contributed by atoms with E-state index < -0.39 is 25.4 Å². The molecule has 0 amide bonds. The number of hydrogen-bond acceptors (Lipinski definition) is 4. The van der Waals surface area contributed by atoms with E-state index in [-0.39, 0.29) is 52.8 Å². The molecule has 0 unspecified atom stereocenters. The Bertz CT molecular complexity index is 63.3. The van der Waals surface area contributed by atoms with E-state index in [1.165, 1.54) is 0 Å². The van der Waals surface area contributed by atoms with Gasteiger partial charge in [-0.15, -0.1) is 0 Å². The van der Waals surface area contributed by atoms with Crippen LogP contribution in [-0.2, 0) is 0 Å². The van der Waals surface area contributed by atoms with E-state index >= 15 is 0 Å². The molecule has 0 aromatic carbocycles. The summed E-state index contributed by atoms with van der Waals surface area (Å²) in [6, 6.07) is 0. The fourth-order valence-electron chi connectivity index (χ4n) is 0.150. The zero-order valence-electron chi connectivity index (χ0n) is 6.54. The summed E-state index contributed by atoms with van der Waals surface area (Å²) in [6.07, 6.45) is 0. The number of rotatable bonds is 3. The SMILES string of the molecule is NC(CO)(CO)CO.[H-].[K+]. The molecule has 0 bridgehead atoms. The molecule has 0 aromatic heterocycles. The maximum Gasteiger partial charge on any atom is 1.00 e. The molecule has 0 spiro atoms. The summed E-state index contributed by atoms with van der Waals surface area (Å²) in [4.78, 5) is 0. The van der Waals surface area contributed by atoms with E-state index in [1.54, 1.807) is 0 Å². The zero-order chi connectivity index (χ0) is 6.62. The smallest absolute Gasteiger partial charge is 1.00 e. The third kappa shape index (κ3) is 4.83. The van der Waals surface area contributed by atoms with Crippen molar-refractivity contribution >= 4 is 0 Å². The summed E-state index contributed by atoms with van der Waals surface area (Å²) in [5.41, 5.74) is 3.94. The molecule has 52 valence electrons. The van der Waals surface area contributed by atoms with Crippen LogP contribution in [0.1, 0.15) is 1.43 Å². The molecular weight excluding hydrogens is 149 g/mol. The van der Waals surface area contributed by atoms with E-state index in [2.05, 4.69) is 0 Å². The average molecular weight is 161 g/mol. The van der Waals surface area contributed by atoms with Gasteiger partial charge in [0.05, 0.1) is 25.4 Å². The van der Waals surface area contributed by atoms with E-state index in [1.807, 2.05) is 0 Å². The molecule has 9 heavy (non-hydrogen) atoms. The monoisotopic (exact) mass is 161 g/mol. The predicted octanol–water partition coefficient (Wildman–Crippen LogP) is -5.22. The Kier molecular flexibility index (Phi) is 9.03. The van der Waals surface area contributed by atoms with Crippen LogP contribution in [0.4, 0.5) is 0 Å². The second kappa shape index (κ2) is 6.20. The van der Waals surface area contributed by atoms with E-state index in [0.29, 0.717) is 0 Å². The van der Waals surface area contributed by atoms with Crippen molar-refractivity contribution in [2.75, 3.05) is 19.8 Å². The van der Waals surface area contributed by atoms with Crippen LogP contribution in [0.5, 0.6) is 0 Å². The molecule has 0 radical (unpaired) electrons. The van der Waals surface area contributed by atoms with Gasteiger partial charge in [-0.2, -0.15) is 0 Å². The van der Waals surface area contributed by atoms with Gasteiger partial charge in [0.25, 0.3) is 0 Å². The second-order valence-corrected chi connectivity index (χ2v) is 1.84. The van der Waals surface area contributed by atoms with Gasteiger partial charge in [-0.3, -0.25) is 0 Å². The molecule has 0 aliphatic heterocycles. The van der Waals surface area contributed by atoms with Crippen LogP contribution in [0.2, 0.25) is 0 Å². The van der Waals surface area contributed by atoms with Crippen molar-refractivity contribution in [3.63, 3.8) is 0 Å². The number of nitrogens with two attached hydrogens (primary N) is 1. The first-order valence-corrected chi connectivity index (χ1v) is 2.30. The fraction of sp³-hybridized carbons (Fsp3) is 1.00. The van der Waals surface area contributed by atoms with Crippen LogP contribution in [0, 0.1) is 0 Å². The molecule has 0 aliphatic carbocycles. The Labute approximate surface area is 98.0 Å². The van der Waals surface area contributed by atoms with Gasteiger partial charge in [0.15, 0.2) is 0 Å². The molecule has 5 heteroatoms. The number of hydrogen-bond donors (Lipinski definition) is 4. The van der Waals surface area contributed by atoms with Gasteiger partial charge in [-0.1, -0.05) is 0 Å². The summed E-state index contributed by atoms with van der Waals surface area (Å²) in [6.45, 7) is -1.21. The van der Waals surface area contributed by atoms with Gasteiger partial charge in [0.1, 0.15) is 0 Å². The average Bonchev–Trinajstić information content (AvgIpc) is 1.87. The number of aliphatic hydroxyl groups is 3. The Morgan fingerprint density at radius 2 is 1.33 bits per heavy atom. The largest absolute Gasteiger partial charge is 1.00 e. The van der Waals surface area contributed by atoms with Gasteiger partial charge < -0.3 is 22.5 Å². The third-order valence-corrected chi connectivity index (χ3v) is 0.945. The quantitative estimate of drug-likeness (QED) is 0.312. The summed E-state index contributed by atoms with van der Waals surface area (Å²) < 4.78 is 0. The molecule has 0 saturated heterocycles. The van der Waals surface area contributed by atoms with Crippen molar-refractivity contribution in [3.8, 4) is 0 Å². The van der Waals surface area contributed by atoms with Gasteiger partial charge in [-0.05, 0) is 0 Å². The minimum Gasteiger partial charge on any atom is -1.00 e. The fourth-order valence-corrected chi connectivity index (χ4v) is 0.150. The van der Waals surface area contributed by atoms with Crippen molar-refractivity contribution in [1.29, 1.82) is 0 Å². The van der Waals surface area contributed by atoms with Crippen LogP contribution < -0.4 is 57.1 Å². The van der Waals surface area contributed by atoms with Crippen LogP contribution in [0.3, 0.4) is 0 Å². The molecule has 5 N–H and O–H groups in total. The van der Waals surface area contributed by atoms with Crippen LogP contribution in [0.25, 0.3) is 0 Å². The maximum atomic E-state index is 8.34. The van der Waals surface area contributed by atoms with Crippen LogP contribution in [0.15, 0.2) is 0 Å². The zero-order valence-corrected chi connectivity index (χ0v) is 8.66. The van der Waals surface area contributed by atoms with Crippen molar-refractivity contribution in [2.45, 2.75) is 5.54 Å². The molecule has 0 atom stereocenters. The van der Waals surface area contributed by atoms with Gasteiger partial charge in [0.2, 0.25) is 0 Å². The van der Waals surface area contributed by atoms with E-state index in [4.69, 9.17) is 21.1 Å². The van der Waals surface area contributed by atoms with Gasteiger partial charge >= 0.3 is 51.4 Å². The Morgan fingerprint density at radius 3 is 1.33 bits per heavy atom.